The van der Waals surface area contributed by atoms with Crippen molar-refractivity contribution in [2.45, 2.75) is 19.9 Å². The molecule has 0 bridgehead atoms. The second-order valence-electron chi connectivity index (χ2n) is 7.82. The summed E-state index contributed by atoms with van der Waals surface area (Å²) in [6.45, 7) is 7.77. The third-order valence-corrected chi connectivity index (χ3v) is 6.11. The van der Waals surface area contributed by atoms with Crippen LogP contribution in [-0.4, -0.2) is 58.6 Å². The lowest BCUT2D eigenvalue weighted by Gasteiger charge is -2.36. The van der Waals surface area contributed by atoms with Gasteiger partial charge < -0.3 is 9.84 Å². The van der Waals surface area contributed by atoms with Crippen molar-refractivity contribution in [3.05, 3.63) is 64.5 Å². The molecule has 0 aliphatic carbocycles. The summed E-state index contributed by atoms with van der Waals surface area (Å²) in [4.78, 5) is 21.6. The number of anilines is 1. The van der Waals surface area contributed by atoms with Gasteiger partial charge in [-0.2, -0.15) is 4.98 Å². The van der Waals surface area contributed by atoms with Gasteiger partial charge in [-0.15, -0.1) is 0 Å². The summed E-state index contributed by atoms with van der Waals surface area (Å²) in [6.07, 6.45) is 0. The van der Waals surface area contributed by atoms with E-state index in [0.717, 1.165) is 47.5 Å². The molecule has 4 rings (SSSR count). The highest BCUT2D eigenvalue weighted by molar-refractivity contribution is 9.10. The van der Waals surface area contributed by atoms with Crippen LogP contribution in [0.5, 0.6) is 0 Å². The summed E-state index contributed by atoms with van der Waals surface area (Å²) < 4.78 is 6.53. The summed E-state index contributed by atoms with van der Waals surface area (Å²) in [7, 11) is 0. The van der Waals surface area contributed by atoms with Gasteiger partial charge in [0.25, 0.3) is 0 Å². The Kier molecular flexibility index (Phi) is 6.80. The molecule has 1 aromatic heterocycles. The summed E-state index contributed by atoms with van der Waals surface area (Å²) in [5.74, 6) is 1.24. The number of hydrogen-bond acceptors (Lipinski definition) is 6. The Morgan fingerprint density at radius 3 is 2.61 bits per heavy atom. The lowest BCUT2D eigenvalue weighted by Crippen LogP contribution is -2.49. The van der Waals surface area contributed by atoms with E-state index in [-0.39, 0.29) is 11.9 Å². The van der Waals surface area contributed by atoms with E-state index >= 15 is 0 Å². The van der Waals surface area contributed by atoms with Crippen molar-refractivity contribution in [3.8, 4) is 11.4 Å². The molecule has 1 fully saturated rings. The number of aryl methyl sites for hydroxylation is 1. The Hall–Kier alpha value is -2.55. The SMILES string of the molecule is Cc1cc(Br)ccc1NC(=O)CN1CCN(C(C)c2nc(-c3ccccc3)no2)CC1. The maximum Gasteiger partial charge on any atom is 0.244 e. The summed E-state index contributed by atoms with van der Waals surface area (Å²) in [5.41, 5.74) is 2.84. The van der Waals surface area contributed by atoms with E-state index in [2.05, 4.69) is 48.1 Å². The van der Waals surface area contributed by atoms with Crippen LogP contribution >= 0.6 is 15.9 Å². The molecule has 1 saturated heterocycles. The number of aromatic nitrogens is 2. The lowest BCUT2D eigenvalue weighted by molar-refractivity contribution is -0.117. The smallest absolute Gasteiger partial charge is 0.244 e. The van der Waals surface area contributed by atoms with Gasteiger partial charge in [0.05, 0.1) is 12.6 Å². The first-order valence-electron chi connectivity index (χ1n) is 10.4. The van der Waals surface area contributed by atoms with E-state index in [4.69, 9.17) is 4.52 Å². The Morgan fingerprint density at radius 1 is 1.16 bits per heavy atom. The molecule has 7 nitrogen and oxygen atoms in total. The number of halogens is 1. The van der Waals surface area contributed by atoms with Gasteiger partial charge in [-0.25, -0.2) is 0 Å². The summed E-state index contributed by atoms with van der Waals surface area (Å²) >= 11 is 3.45. The van der Waals surface area contributed by atoms with Gasteiger partial charge >= 0.3 is 0 Å². The summed E-state index contributed by atoms with van der Waals surface area (Å²) in [5, 5.41) is 7.14. The van der Waals surface area contributed by atoms with Crippen LogP contribution in [0.3, 0.4) is 0 Å². The normalized spacial score (nSPS) is 16.2. The van der Waals surface area contributed by atoms with Gasteiger partial charge in [-0.1, -0.05) is 51.4 Å². The first-order valence-corrected chi connectivity index (χ1v) is 11.2. The Bertz CT molecular complexity index is 1030. The Morgan fingerprint density at radius 2 is 1.90 bits per heavy atom. The van der Waals surface area contributed by atoms with Crippen molar-refractivity contribution in [2.75, 3.05) is 38.0 Å². The van der Waals surface area contributed by atoms with Crippen molar-refractivity contribution in [2.24, 2.45) is 0 Å². The minimum atomic E-state index is 0.0105. The van der Waals surface area contributed by atoms with Crippen LogP contribution < -0.4 is 5.32 Å². The zero-order valence-electron chi connectivity index (χ0n) is 17.7. The van der Waals surface area contributed by atoms with Gasteiger partial charge in [0, 0.05) is 41.9 Å². The van der Waals surface area contributed by atoms with Gasteiger partial charge in [-0.3, -0.25) is 14.6 Å². The quantitative estimate of drug-likeness (QED) is 0.568. The van der Waals surface area contributed by atoms with Crippen LogP contribution in [0, 0.1) is 6.92 Å². The highest BCUT2D eigenvalue weighted by atomic mass is 79.9. The molecule has 3 aromatic rings. The fraction of sp³-hybridized carbons (Fsp3) is 0.348. The monoisotopic (exact) mass is 483 g/mol. The molecule has 1 atom stereocenters. The molecule has 0 spiro atoms. The fourth-order valence-electron chi connectivity index (χ4n) is 3.73. The molecule has 1 unspecified atom stereocenters. The maximum absolute atomic E-state index is 12.5. The number of nitrogens with one attached hydrogen (secondary N) is 1. The number of nitrogens with zero attached hydrogens (tertiary/aromatic N) is 4. The second kappa shape index (κ2) is 9.72. The molecule has 1 aliphatic rings. The number of carbonyl (C=O) groups excluding carboxylic acids is 1. The molecule has 8 heteroatoms. The van der Waals surface area contributed by atoms with Crippen molar-refractivity contribution >= 4 is 27.5 Å². The van der Waals surface area contributed by atoms with E-state index in [0.29, 0.717) is 18.3 Å². The number of hydrogen-bond donors (Lipinski definition) is 1. The molecule has 31 heavy (non-hydrogen) atoms. The third-order valence-electron chi connectivity index (χ3n) is 5.62. The van der Waals surface area contributed by atoms with Crippen molar-refractivity contribution in [1.29, 1.82) is 0 Å². The highest BCUT2D eigenvalue weighted by Crippen LogP contribution is 2.24. The molecular weight excluding hydrogens is 458 g/mol. The largest absolute Gasteiger partial charge is 0.337 e. The van der Waals surface area contributed by atoms with Crippen LogP contribution in [0.4, 0.5) is 5.69 Å². The van der Waals surface area contributed by atoms with E-state index in [1.165, 1.54) is 0 Å². The van der Waals surface area contributed by atoms with Gasteiger partial charge in [0.1, 0.15) is 0 Å². The molecule has 1 amide bonds. The van der Waals surface area contributed by atoms with Crippen LogP contribution in [0.2, 0.25) is 0 Å². The molecular formula is C23H26BrN5O2. The second-order valence-corrected chi connectivity index (χ2v) is 8.73. The average Bonchev–Trinajstić information content (AvgIpc) is 3.27. The van der Waals surface area contributed by atoms with E-state index in [1.54, 1.807) is 0 Å². The molecule has 2 aromatic carbocycles. The first kappa shape index (κ1) is 21.7. The minimum absolute atomic E-state index is 0.0105. The Balaban J connectivity index is 1.28. The third kappa shape index (κ3) is 5.39. The summed E-state index contributed by atoms with van der Waals surface area (Å²) in [6, 6.07) is 15.7. The van der Waals surface area contributed by atoms with Crippen LogP contribution in [0.15, 0.2) is 57.5 Å². The lowest BCUT2D eigenvalue weighted by atomic mass is 10.2. The Labute approximate surface area is 190 Å². The molecule has 1 N–H and O–H groups in total. The zero-order chi connectivity index (χ0) is 21.8. The number of benzene rings is 2. The highest BCUT2D eigenvalue weighted by Gasteiger charge is 2.26. The standard InChI is InChI=1S/C23H26BrN5O2/c1-16-14-19(24)8-9-20(16)25-21(30)15-28-10-12-29(13-11-28)17(2)23-26-22(27-31-23)18-6-4-3-5-7-18/h3-9,14,17H,10-13,15H2,1-2H3,(H,25,30). The topological polar surface area (TPSA) is 74.5 Å². The van der Waals surface area contributed by atoms with Crippen molar-refractivity contribution in [1.82, 2.24) is 19.9 Å². The predicted molar refractivity (Wildman–Crippen MR) is 124 cm³/mol. The zero-order valence-corrected chi connectivity index (χ0v) is 19.3. The number of carbonyl (C=O) groups is 1. The molecule has 0 saturated carbocycles. The maximum atomic E-state index is 12.5. The molecule has 2 heterocycles. The van der Waals surface area contributed by atoms with Gasteiger partial charge in [-0.05, 0) is 37.6 Å². The van der Waals surface area contributed by atoms with E-state index in [1.807, 2.05) is 55.5 Å². The van der Waals surface area contributed by atoms with Crippen molar-refractivity contribution in [3.63, 3.8) is 0 Å². The molecule has 162 valence electrons. The van der Waals surface area contributed by atoms with Crippen molar-refractivity contribution < 1.29 is 9.32 Å². The van der Waals surface area contributed by atoms with E-state index < -0.39 is 0 Å². The molecule has 0 radical (unpaired) electrons. The predicted octanol–water partition coefficient (Wildman–Crippen LogP) is 4.12. The number of rotatable bonds is 6. The van der Waals surface area contributed by atoms with Gasteiger partial charge in [0.2, 0.25) is 17.6 Å². The average molecular weight is 484 g/mol. The van der Waals surface area contributed by atoms with E-state index in [9.17, 15) is 4.79 Å². The number of piperazine rings is 1. The van der Waals surface area contributed by atoms with Crippen LogP contribution in [-0.2, 0) is 4.79 Å². The number of amides is 1. The molecule has 1 aliphatic heterocycles. The fourth-order valence-corrected chi connectivity index (χ4v) is 4.21. The van der Waals surface area contributed by atoms with Gasteiger partial charge in [0.15, 0.2) is 0 Å². The minimum Gasteiger partial charge on any atom is -0.337 e. The van der Waals surface area contributed by atoms with Crippen LogP contribution in [0.1, 0.15) is 24.4 Å². The van der Waals surface area contributed by atoms with Crippen LogP contribution in [0.25, 0.3) is 11.4 Å². The first-order chi connectivity index (χ1) is 15.0.